The Bertz CT molecular complexity index is 1510. The van der Waals surface area contributed by atoms with E-state index in [1.54, 1.807) is 34.9 Å². The number of anilines is 1. The summed E-state index contributed by atoms with van der Waals surface area (Å²) in [6.07, 6.45) is 3.59. The number of hydrogen-bond acceptors (Lipinski definition) is 4. The molecule has 5 rings (SSSR count). The number of aromatic nitrogens is 4. The number of rotatable bonds is 7. The van der Waals surface area contributed by atoms with Gasteiger partial charge in [-0.05, 0) is 42.5 Å². The normalized spacial score (nSPS) is 13.7. The maximum absolute atomic E-state index is 14.3. The fraction of sp³-hybridized carbons (Fsp3) is 0.308. The summed E-state index contributed by atoms with van der Waals surface area (Å²) in [4.78, 5) is 45.7. The van der Waals surface area contributed by atoms with Crippen LogP contribution in [0, 0.1) is 11.7 Å². The van der Waals surface area contributed by atoms with Gasteiger partial charge >= 0.3 is 5.69 Å². The Hall–Kier alpha value is -4.01. The van der Waals surface area contributed by atoms with Crippen molar-refractivity contribution in [2.24, 2.45) is 5.92 Å². The van der Waals surface area contributed by atoms with Crippen molar-refractivity contribution >= 4 is 22.8 Å². The average molecular weight is 476 g/mol. The second kappa shape index (κ2) is 9.32. The minimum absolute atomic E-state index is 0.147. The minimum Gasteiger partial charge on any atom is -0.336 e. The molecule has 1 aliphatic rings. The molecule has 2 aromatic carbocycles. The quantitative estimate of drug-likeness (QED) is 0.428. The highest BCUT2D eigenvalue weighted by molar-refractivity contribution is 5.88. The number of aromatic amines is 1. The van der Waals surface area contributed by atoms with Gasteiger partial charge in [-0.2, -0.15) is 0 Å². The Kier molecular flexibility index (Phi) is 6.07. The zero-order valence-corrected chi connectivity index (χ0v) is 19.4. The largest absolute Gasteiger partial charge is 0.336 e. The Morgan fingerprint density at radius 3 is 2.51 bits per heavy atom. The van der Waals surface area contributed by atoms with Crippen LogP contribution in [0.4, 0.5) is 10.1 Å². The average Bonchev–Trinajstić information content (AvgIpc) is 3.21. The van der Waals surface area contributed by atoms with Crippen LogP contribution >= 0.6 is 0 Å². The van der Waals surface area contributed by atoms with Gasteiger partial charge in [-0.3, -0.25) is 18.7 Å². The Labute approximate surface area is 200 Å². The molecule has 180 valence electrons. The molecule has 0 aliphatic heterocycles. The Morgan fingerprint density at radius 1 is 1.11 bits per heavy atom. The molecule has 0 atom stereocenters. The molecule has 35 heavy (non-hydrogen) atoms. The maximum Gasteiger partial charge on any atom is 0.333 e. The first-order valence-corrected chi connectivity index (χ1v) is 11.7. The molecule has 1 fully saturated rings. The van der Waals surface area contributed by atoms with Crippen LogP contribution < -0.4 is 16.6 Å². The van der Waals surface area contributed by atoms with Crippen LogP contribution in [0.25, 0.3) is 11.2 Å². The van der Waals surface area contributed by atoms with Gasteiger partial charge in [0.1, 0.15) is 17.2 Å². The lowest BCUT2D eigenvalue weighted by Gasteiger charge is -2.26. The number of nitrogens with one attached hydrogen (secondary N) is 2. The highest BCUT2D eigenvalue weighted by Gasteiger charge is 2.23. The molecule has 0 radical (unpaired) electrons. The number of benzene rings is 2. The number of H-pyrrole nitrogens is 1. The van der Waals surface area contributed by atoms with Crippen LogP contribution in [0.2, 0.25) is 0 Å². The van der Waals surface area contributed by atoms with E-state index < -0.39 is 17.1 Å². The summed E-state index contributed by atoms with van der Waals surface area (Å²) in [5.41, 5.74) is 1.48. The van der Waals surface area contributed by atoms with E-state index in [-0.39, 0.29) is 23.5 Å². The van der Waals surface area contributed by atoms with Gasteiger partial charge in [-0.1, -0.05) is 36.8 Å². The zero-order valence-electron chi connectivity index (χ0n) is 19.4. The zero-order chi connectivity index (χ0) is 24.5. The molecule has 4 aromatic rings. The van der Waals surface area contributed by atoms with E-state index in [9.17, 15) is 18.8 Å². The molecular formula is C26H26FN5O3. The third-order valence-electron chi connectivity index (χ3n) is 6.51. The molecule has 8 nitrogen and oxygen atoms in total. The van der Waals surface area contributed by atoms with Crippen molar-refractivity contribution in [3.8, 4) is 0 Å². The highest BCUT2D eigenvalue weighted by atomic mass is 19.1. The molecule has 1 amide bonds. The smallest absolute Gasteiger partial charge is 0.333 e. The number of imidazole rings is 1. The van der Waals surface area contributed by atoms with Crippen LogP contribution in [0.1, 0.15) is 43.1 Å². The standard InChI is InChI=1S/C26H26FN5O3/c1-16(33)28-20-11-9-17(10-12-20)13-22-29-23-24(30-22)31(14-18-5-4-6-18)26(35)32(25(23)34)15-19-7-2-3-8-21(19)27/h2-3,7-12,18H,4-6,13-15H2,1H3,(H,28,33)(H,29,30). The number of amides is 1. The van der Waals surface area contributed by atoms with E-state index in [0.717, 1.165) is 29.4 Å². The number of carbonyl (C=O) groups is 1. The predicted molar refractivity (Wildman–Crippen MR) is 131 cm³/mol. The van der Waals surface area contributed by atoms with Gasteiger partial charge in [0, 0.05) is 31.1 Å². The molecule has 0 bridgehead atoms. The van der Waals surface area contributed by atoms with Gasteiger partial charge in [0.15, 0.2) is 5.65 Å². The SMILES string of the molecule is CC(=O)Nc1ccc(Cc2nc3c([nH]2)c(=O)n(Cc2ccccc2F)c(=O)n3CC2CCC2)cc1. The fourth-order valence-corrected chi connectivity index (χ4v) is 4.44. The summed E-state index contributed by atoms with van der Waals surface area (Å²) < 4.78 is 16.9. The van der Waals surface area contributed by atoms with Gasteiger partial charge < -0.3 is 10.3 Å². The number of fused-ring (bicyclic) bond motifs is 1. The van der Waals surface area contributed by atoms with Crippen molar-refractivity contribution in [2.75, 3.05) is 5.32 Å². The number of carbonyl (C=O) groups excluding carboxylic acids is 1. The first-order chi connectivity index (χ1) is 16.9. The Balaban J connectivity index is 1.54. The second-order valence-corrected chi connectivity index (χ2v) is 9.11. The molecule has 2 N–H and O–H groups in total. The summed E-state index contributed by atoms with van der Waals surface area (Å²) in [5, 5.41) is 2.73. The van der Waals surface area contributed by atoms with Crippen molar-refractivity contribution < 1.29 is 9.18 Å². The van der Waals surface area contributed by atoms with Crippen molar-refractivity contribution in [3.63, 3.8) is 0 Å². The lowest BCUT2D eigenvalue weighted by molar-refractivity contribution is -0.114. The second-order valence-electron chi connectivity index (χ2n) is 9.11. The summed E-state index contributed by atoms with van der Waals surface area (Å²) in [6.45, 7) is 1.77. The molecule has 0 saturated heterocycles. The van der Waals surface area contributed by atoms with Crippen LogP contribution in [-0.2, 0) is 24.3 Å². The van der Waals surface area contributed by atoms with Gasteiger partial charge in [0.25, 0.3) is 5.56 Å². The van der Waals surface area contributed by atoms with Crippen LogP contribution in [0.3, 0.4) is 0 Å². The van der Waals surface area contributed by atoms with E-state index >= 15 is 0 Å². The summed E-state index contributed by atoms with van der Waals surface area (Å²) in [6, 6.07) is 13.5. The fourth-order valence-electron chi connectivity index (χ4n) is 4.44. The first-order valence-electron chi connectivity index (χ1n) is 11.7. The van der Waals surface area contributed by atoms with Gasteiger partial charge in [0.2, 0.25) is 5.91 Å². The van der Waals surface area contributed by atoms with Crippen LogP contribution in [-0.4, -0.2) is 25.0 Å². The van der Waals surface area contributed by atoms with Crippen molar-refractivity contribution in [1.82, 2.24) is 19.1 Å². The van der Waals surface area contributed by atoms with Gasteiger partial charge in [-0.25, -0.2) is 14.2 Å². The Morgan fingerprint density at radius 2 is 1.86 bits per heavy atom. The van der Waals surface area contributed by atoms with E-state index in [4.69, 9.17) is 0 Å². The summed E-state index contributed by atoms with van der Waals surface area (Å²) in [5.74, 6) is 0.301. The lowest BCUT2D eigenvalue weighted by atomic mass is 9.85. The third kappa shape index (κ3) is 4.66. The molecule has 2 aromatic heterocycles. The molecule has 9 heteroatoms. The molecule has 1 saturated carbocycles. The molecule has 2 heterocycles. The van der Waals surface area contributed by atoms with E-state index in [1.807, 2.05) is 12.1 Å². The van der Waals surface area contributed by atoms with Crippen molar-refractivity contribution in [2.45, 2.75) is 45.7 Å². The number of hydrogen-bond donors (Lipinski definition) is 2. The predicted octanol–water partition coefficient (Wildman–Crippen LogP) is 3.42. The van der Waals surface area contributed by atoms with Crippen LogP contribution in [0.15, 0.2) is 58.1 Å². The molecule has 0 spiro atoms. The van der Waals surface area contributed by atoms with Gasteiger partial charge in [0.05, 0.1) is 6.54 Å². The minimum atomic E-state index is -0.516. The summed E-state index contributed by atoms with van der Waals surface area (Å²) >= 11 is 0. The number of nitrogens with zero attached hydrogens (tertiary/aromatic N) is 3. The lowest BCUT2D eigenvalue weighted by Crippen LogP contribution is -2.42. The monoisotopic (exact) mass is 475 g/mol. The van der Waals surface area contributed by atoms with E-state index in [1.165, 1.54) is 13.0 Å². The first kappa shape index (κ1) is 22.8. The third-order valence-corrected chi connectivity index (χ3v) is 6.51. The molecule has 1 aliphatic carbocycles. The topological polar surface area (TPSA) is 102 Å². The maximum atomic E-state index is 14.3. The summed E-state index contributed by atoms with van der Waals surface area (Å²) in [7, 11) is 0. The van der Waals surface area contributed by atoms with Crippen molar-refractivity contribution in [3.05, 3.63) is 92.1 Å². The number of halogens is 1. The highest BCUT2D eigenvalue weighted by Crippen LogP contribution is 2.28. The van der Waals surface area contributed by atoms with Gasteiger partial charge in [-0.15, -0.1) is 0 Å². The van der Waals surface area contributed by atoms with E-state index in [0.29, 0.717) is 36.0 Å². The molecule has 0 unspecified atom stereocenters. The van der Waals surface area contributed by atoms with Crippen molar-refractivity contribution in [1.29, 1.82) is 0 Å². The van der Waals surface area contributed by atoms with E-state index in [2.05, 4.69) is 15.3 Å². The molecular weight excluding hydrogens is 449 g/mol. The van der Waals surface area contributed by atoms with Crippen LogP contribution in [0.5, 0.6) is 0 Å².